The summed E-state index contributed by atoms with van der Waals surface area (Å²) in [6.07, 6.45) is 2.82. The molecule has 0 spiro atoms. The molecule has 108 valence electrons. The maximum atomic E-state index is 11.9. The number of hydrogen-bond donors (Lipinski definition) is 2. The largest absolute Gasteiger partial charge is 0.326 e. The number of hydrogen-bond acceptors (Lipinski definition) is 4. The molecule has 1 fully saturated rings. The maximum Gasteiger partial charge on any atom is 0.225 e. The van der Waals surface area contributed by atoms with Gasteiger partial charge < -0.3 is 10.6 Å². The molecule has 6 heteroatoms. The van der Waals surface area contributed by atoms with Crippen LogP contribution in [0.1, 0.15) is 24.3 Å². The van der Waals surface area contributed by atoms with Gasteiger partial charge in [-0.05, 0) is 44.5 Å². The van der Waals surface area contributed by atoms with E-state index in [-0.39, 0.29) is 18.3 Å². The summed E-state index contributed by atoms with van der Waals surface area (Å²) in [4.78, 5) is 16.4. The van der Waals surface area contributed by atoms with Gasteiger partial charge in [-0.15, -0.1) is 23.7 Å². The SMILES string of the molecule is Cc1nc2ccc(NC(=O)CC3CCCN3)cc2s1.Cl. The molecule has 1 unspecified atom stereocenters. The quantitative estimate of drug-likeness (QED) is 0.916. The summed E-state index contributed by atoms with van der Waals surface area (Å²) in [6.45, 7) is 3.03. The summed E-state index contributed by atoms with van der Waals surface area (Å²) in [5.74, 6) is 0.0833. The molecular formula is C14H18ClN3OS. The molecule has 1 aromatic heterocycles. The van der Waals surface area contributed by atoms with Gasteiger partial charge in [0.1, 0.15) is 0 Å². The van der Waals surface area contributed by atoms with Crippen molar-refractivity contribution in [2.75, 3.05) is 11.9 Å². The van der Waals surface area contributed by atoms with E-state index >= 15 is 0 Å². The average Bonchev–Trinajstić information content (AvgIpc) is 2.96. The number of nitrogens with zero attached hydrogens (tertiary/aromatic N) is 1. The Balaban J connectivity index is 0.00000147. The Morgan fingerprint density at radius 3 is 3.15 bits per heavy atom. The number of benzene rings is 1. The molecule has 1 amide bonds. The Morgan fingerprint density at radius 2 is 2.40 bits per heavy atom. The molecule has 20 heavy (non-hydrogen) atoms. The van der Waals surface area contributed by atoms with E-state index < -0.39 is 0 Å². The molecule has 1 aliphatic rings. The fraction of sp³-hybridized carbons (Fsp3) is 0.429. The predicted octanol–water partition coefficient (Wildman–Crippen LogP) is 3.11. The number of fused-ring (bicyclic) bond motifs is 1. The van der Waals surface area contributed by atoms with Gasteiger partial charge in [0.05, 0.1) is 15.2 Å². The lowest BCUT2D eigenvalue weighted by molar-refractivity contribution is -0.116. The summed E-state index contributed by atoms with van der Waals surface area (Å²) in [7, 11) is 0. The molecule has 0 saturated carbocycles. The van der Waals surface area contributed by atoms with Crippen molar-refractivity contribution in [1.29, 1.82) is 0 Å². The van der Waals surface area contributed by atoms with Crippen molar-refractivity contribution in [1.82, 2.24) is 10.3 Å². The Bertz CT molecular complexity index is 607. The number of aromatic nitrogens is 1. The summed E-state index contributed by atoms with van der Waals surface area (Å²) >= 11 is 1.65. The maximum absolute atomic E-state index is 11.9. The molecule has 1 aliphatic heterocycles. The summed E-state index contributed by atoms with van der Waals surface area (Å²) < 4.78 is 1.12. The molecule has 4 nitrogen and oxygen atoms in total. The first kappa shape index (κ1) is 15.2. The molecule has 2 heterocycles. The van der Waals surface area contributed by atoms with Crippen LogP contribution in [0.3, 0.4) is 0 Å². The number of aryl methyl sites for hydroxylation is 1. The molecule has 1 aromatic carbocycles. The van der Waals surface area contributed by atoms with Gasteiger partial charge >= 0.3 is 0 Å². The second-order valence-corrected chi connectivity index (χ2v) is 6.20. The third kappa shape index (κ3) is 3.48. The number of amides is 1. The van der Waals surface area contributed by atoms with Gasteiger partial charge in [0.2, 0.25) is 5.91 Å². The van der Waals surface area contributed by atoms with Crippen LogP contribution >= 0.6 is 23.7 Å². The van der Waals surface area contributed by atoms with Crippen LogP contribution in [-0.2, 0) is 4.79 Å². The van der Waals surface area contributed by atoms with Gasteiger partial charge in [-0.3, -0.25) is 4.79 Å². The zero-order valence-corrected chi connectivity index (χ0v) is 12.9. The fourth-order valence-electron chi connectivity index (χ4n) is 2.48. The van der Waals surface area contributed by atoms with Gasteiger partial charge in [0, 0.05) is 18.2 Å². The van der Waals surface area contributed by atoms with Crippen molar-refractivity contribution in [3.63, 3.8) is 0 Å². The Hall–Kier alpha value is -1.17. The van der Waals surface area contributed by atoms with Crippen molar-refractivity contribution < 1.29 is 4.79 Å². The molecule has 0 aliphatic carbocycles. The Kier molecular flexibility index (Phi) is 4.96. The lowest BCUT2D eigenvalue weighted by Crippen LogP contribution is -2.27. The van der Waals surface area contributed by atoms with Gasteiger partial charge in [0.25, 0.3) is 0 Å². The molecule has 1 saturated heterocycles. The van der Waals surface area contributed by atoms with E-state index in [1.807, 2.05) is 25.1 Å². The molecule has 0 radical (unpaired) electrons. The number of nitrogens with one attached hydrogen (secondary N) is 2. The summed E-state index contributed by atoms with van der Waals surface area (Å²) in [6, 6.07) is 6.22. The molecule has 2 aromatic rings. The number of anilines is 1. The van der Waals surface area contributed by atoms with Crippen LogP contribution < -0.4 is 10.6 Å². The van der Waals surface area contributed by atoms with Gasteiger partial charge in [-0.2, -0.15) is 0 Å². The van der Waals surface area contributed by atoms with Gasteiger partial charge in [0.15, 0.2) is 0 Å². The zero-order valence-electron chi connectivity index (χ0n) is 11.3. The second kappa shape index (κ2) is 6.52. The standard InChI is InChI=1S/C14H17N3OS.ClH/c1-9-16-12-5-4-11(7-13(12)19-9)17-14(18)8-10-3-2-6-15-10;/h4-5,7,10,15H,2-3,6,8H2,1H3,(H,17,18);1H. The number of rotatable bonds is 3. The molecular weight excluding hydrogens is 294 g/mol. The Labute approximate surface area is 128 Å². The minimum Gasteiger partial charge on any atom is -0.326 e. The highest BCUT2D eigenvalue weighted by Crippen LogP contribution is 2.25. The van der Waals surface area contributed by atoms with E-state index in [9.17, 15) is 4.79 Å². The van der Waals surface area contributed by atoms with E-state index in [1.54, 1.807) is 11.3 Å². The summed E-state index contributed by atoms with van der Waals surface area (Å²) in [5, 5.41) is 7.36. The molecule has 2 N–H and O–H groups in total. The van der Waals surface area contributed by atoms with Crippen LogP contribution in [-0.4, -0.2) is 23.5 Å². The molecule has 0 bridgehead atoms. The van der Waals surface area contributed by atoms with Gasteiger partial charge in [-0.1, -0.05) is 0 Å². The van der Waals surface area contributed by atoms with Crippen molar-refractivity contribution in [2.45, 2.75) is 32.2 Å². The fourth-order valence-corrected chi connectivity index (χ4v) is 3.35. The van der Waals surface area contributed by atoms with Crippen LogP contribution in [0, 0.1) is 6.92 Å². The van der Waals surface area contributed by atoms with E-state index in [0.29, 0.717) is 12.5 Å². The minimum absolute atomic E-state index is 0. The van der Waals surface area contributed by atoms with Crippen LogP contribution in [0.4, 0.5) is 5.69 Å². The van der Waals surface area contributed by atoms with E-state index in [4.69, 9.17) is 0 Å². The second-order valence-electron chi connectivity index (χ2n) is 4.96. The summed E-state index contributed by atoms with van der Waals surface area (Å²) in [5.41, 5.74) is 1.86. The topological polar surface area (TPSA) is 54.0 Å². The smallest absolute Gasteiger partial charge is 0.225 e. The van der Waals surface area contributed by atoms with Crippen LogP contribution in [0.5, 0.6) is 0 Å². The van der Waals surface area contributed by atoms with Crippen molar-refractivity contribution in [2.24, 2.45) is 0 Å². The Morgan fingerprint density at radius 1 is 1.55 bits per heavy atom. The average molecular weight is 312 g/mol. The molecule has 3 rings (SSSR count). The zero-order chi connectivity index (χ0) is 13.2. The highest BCUT2D eigenvalue weighted by atomic mass is 35.5. The van der Waals surface area contributed by atoms with E-state index in [1.165, 1.54) is 6.42 Å². The van der Waals surface area contributed by atoms with Crippen LogP contribution in [0.15, 0.2) is 18.2 Å². The minimum atomic E-state index is 0. The van der Waals surface area contributed by atoms with Crippen LogP contribution in [0.2, 0.25) is 0 Å². The van der Waals surface area contributed by atoms with Crippen molar-refractivity contribution >= 4 is 45.6 Å². The lowest BCUT2D eigenvalue weighted by atomic mass is 10.1. The number of halogens is 1. The number of carbonyl (C=O) groups excluding carboxylic acids is 1. The monoisotopic (exact) mass is 311 g/mol. The van der Waals surface area contributed by atoms with Crippen molar-refractivity contribution in [3.8, 4) is 0 Å². The van der Waals surface area contributed by atoms with E-state index in [0.717, 1.165) is 33.9 Å². The third-order valence-electron chi connectivity index (χ3n) is 3.37. The number of thiazole rings is 1. The van der Waals surface area contributed by atoms with Crippen LogP contribution in [0.25, 0.3) is 10.2 Å². The van der Waals surface area contributed by atoms with Gasteiger partial charge in [-0.25, -0.2) is 4.98 Å². The van der Waals surface area contributed by atoms with Crippen molar-refractivity contribution in [3.05, 3.63) is 23.2 Å². The normalized spacial score (nSPS) is 17.9. The molecule has 1 atom stereocenters. The van der Waals surface area contributed by atoms with E-state index in [2.05, 4.69) is 15.6 Å². The highest BCUT2D eigenvalue weighted by Gasteiger charge is 2.17. The first-order valence-electron chi connectivity index (χ1n) is 6.61. The highest BCUT2D eigenvalue weighted by molar-refractivity contribution is 7.18. The number of carbonyl (C=O) groups is 1. The predicted molar refractivity (Wildman–Crippen MR) is 85.9 cm³/mol. The first-order valence-corrected chi connectivity index (χ1v) is 7.43. The third-order valence-corrected chi connectivity index (χ3v) is 4.31. The lowest BCUT2D eigenvalue weighted by Gasteiger charge is -2.10. The first-order chi connectivity index (χ1) is 9.20.